The fraction of sp³-hybridized carbons (Fsp3) is 0.318. The second-order valence-corrected chi connectivity index (χ2v) is 7.56. The quantitative estimate of drug-likeness (QED) is 0.526. The first kappa shape index (κ1) is 21.7. The van der Waals surface area contributed by atoms with Gasteiger partial charge in [-0.3, -0.25) is 4.79 Å². The standard InChI is InChI=1S/C22H26N4O3S/c1-5-26-21(17-9-7-6-8-15(17)2)24-25-22(26)30-14-20(27)23-13-16-10-11-18(28-3)19(12-16)29-4/h6-12H,5,13-14H2,1-4H3,(H,23,27). The van der Waals surface area contributed by atoms with Crippen LogP contribution in [0.15, 0.2) is 47.6 Å². The molecule has 30 heavy (non-hydrogen) atoms. The van der Waals surface area contributed by atoms with E-state index in [0.29, 0.717) is 18.0 Å². The predicted octanol–water partition coefficient (Wildman–Crippen LogP) is 3.70. The van der Waals surface area contributed by atoms with Gasteiger partial charge in [0.1, 0.15) is 0 Å². The Balaban J connectivity index is 1.61. The smallest absolute Gasteiger partial charge is 0.230 e. The number of nitrogens with zero attached hydrogens (tertiary/aromatic N) is 3. The summed E-state index contributed by atoms with van der Waals surface area (Å²) < 4.78 is 12.6. The Morgan fingerprint density at radius 2 is 1.87 bits per heavy atom. The van der Waals surface area contributed by atoms with Crippen molar-refractivity contribution in [3.05, 3.63) is 53.6 Å². The largest absolute Gasteiger partial charge is 0.493 e. The highest BCUT2D eigenvalue weighted by Crippen LogP contribution is 2.28. The summed E-state index contributed by atoms with van der Waals surface area (Å²) in [6.07, 6.45) is 0. The maximum absolute atomic E-state index is 12.4. The molecule has 0 saturated heterocycles. The van der Waals surface area contributed by atoms with Gasteiger partial charge in [0.15, 0.2) is 22.5 Å². The lowest BCUT2D eigenvalue weighted by Crippen LogP contribution is -2.24. The van der Waals surface area contributed by atoms with Gasteiger partial charge in [0.05, 0.1) is 20.0 Å². The van der Waals surface area contributed by atoms with Crippen LogP contribution in [0.2, 0.25) is 0 Å². The number of ether oxygens (including phenoxy) is 2. The summed E-state index contributed by atoms with van der Waals surface area (Å²) in [7, 11) is 3.18. The van der Waals surface area contributed by atoms with Crippen LogP contribution in [0.5, 0.6) is 11.5 Å². The zero-order valence-electron chi connectivity index (χ0n) is 17.6. The van der Waals surface area contributed by atoms with Crippen LogP contribution in [0.1, 0.15) is 18.1 Å². The van der Waals surface area contributed by atoms with Crippen LogP contribution < -0.4 is 14.8 Å². The van der Waals surface area contributed by atoms with Gasteiger partial charge >= 0.3 is 0 Å². The number of methoxy groups -OCH3 is 2. The fourth-order valence-electron chi connectivity index (χ4n) is 3.08. The molecule has 0 atom stereocenters. The van der Waals surface area contributed by atoms with Gasteiger partial charge in [-0.2, -0.15) is 0 Å². The summed E-state index contributed by atoms with van der Waals surface area (Å²) in [5, 5.41) is 12.3. The average molecular weight is 427 g/mol. The van der Waals surface area contributed by atoms with Gasteiger partial charge in [0.2, 0.25) is 5.91 Å². The molecule has 2 aromatic carbocycles. The molecule has 0 spiro atoms. The molecule has 3 rings (SSSR count). The highest BCUT2D eigenvalue weighted by molar-refractivity contribution is 7.99. The van der Waals surface area contributed by atoms with Gasteiger partial charge in [-0.15, -0.1) is 10.2 Å². The number of amides is 1. The topological polar surface area (TPSA) is 78.3 Å². The third-order valence-corrected chi connectivity index (χ3v) is 5.66. The molecule has 158 valence electrons. The number of nitrogens with one attached hydrogen (secondary N) is 1. The third kappa shape index (κ3) is 4.94. The Labute approximate surface area is 180 Å². The van der Waals surface area contributed by atoms with Crippen molar-refractivity contribution in [3.8, 4) is 22.9 Å². The number of carbonyl (C=O) groups excluding carboxylic acids is 1. The Morgan fingerprint density at radius 3 is 2.57 bits per heavy atom. The second-order valence-electron chi connectivity index (χ2n) is 6.62. The van der Waals surface area contributed by atoms with E-state index in [4.69, 9.17) is 9.47 Å². The zero-order valence-corrected chi connectivity index (χ0v) is 18.5. The van der Waals surface area contributed by atoms with E-state index in [1.807, 2.05) is 47.9 Å². The second kappa shape index (κ2) is 10.2. The molecule has 1 amide bonds. The zero-order chi connectivity index (χ0) is 21.5. The molecule has 0 aliphatic rings. The summed E-state index contributed by atoms with van der Waals surface area (Å²) in [6, 6.07) is 13.7. The molecule has 0 fully saturated rings. The number of benzene rings is 2. The van der Waals surface area contributed by atoms with Gasteiger partial charge in [-0.25, -0.2) is 0 Å². The molecular weight excluding hydrogens is 400 g/mol. The molecule has 1 N–H and O–H groups in total. The number of thioether (sulfide) groups is 1. The number of hydrogen-bond acceptors (Lipinski definition) is 6. The minimum absolute atomic E-state index is 0.0714. The first-order valence-corrected chi connectivity index (χ1v) is 10.7. The van der Waals surface area contributed by atoms with Crippen molar-refractivity contribution >= 4 is 17.7 Å². The van der Waals surface area contributed by atoms with Crippen molar-refractivity contribution in [2.24, 2.45) is 0 Å². The Morgan fingerprint density at radius 1 is 1.10 bits per heavy atom. The summed E-state index contributed by atoms with van der Waals surface area (Å²) in [5.74, 6) is 2.31. The Bertz CT molecular complexity index is 1020. The van der Waals surface area contributed by atoms with E-state index in [2.05, 4.69) is 28.5 Å². The van der Waals surface area contributed by atoms with E-state index in [1.165, 1.54) is 11.8 Å². The number of aryl methyl sites for hydroxylation is 1. The number of aromatic nitrogens is 3. The summed E-state index contributed by atoms with van der Waals surface area (Å²) in [4.78, 5) is 12.4. The van der Waals surface area contributed by atoms with Gasteiger partial charge in [0, 0.05) is 18.7 Å². The molecule has 0 bridgehead atoms. The number of rotatable bonds is 9. The van der Waals surface area contributed by atoms with Crippen molar-refractivity contribution in [3.63, 3.8) is 0 Å². The van der Waals surface area contributed by atoms with E-state index in [0.717, 1.165) is 34.2 Å². The molecule has 0 unspecified atom stereocenters. The van der Waals surface area contributed by atoms with Crippen molar-refractivity contribution in [1.82, 2.24) is 20.1 Å². The van der Waals surface area contributed by atoms with Crippen molar-refractivity contribution in [1.29, 1.82) is 0 Å². The fourth-order valence-corrected chi connectivity index (χ4v) is 3.91. The maximum atomic E-state index is 12.4. The van der Waals surface area contributed by atoms with Crippen LogP contribution in [-0.2, 0) is 17.9 Å². The minimum atomic E-state index is -0.0714. The summed E-state index contributed by atoms with van der Waals surface area (Å²) in [6.45, 7) is 5.24. The van der Waals surface area contributed by atoms with E-state index in [-0.39, 0.29) is 11.7 Å². The van der Waals surface area contributed by atoms with Crippen LogP contribution in [0.4, 0.5) is 0 Å². The van der Waals surface area contributed by atoms with Gasteiger partial charge in [0.25, 0.3) is 0 Å². The maximum Gasteiger partial charge on any atom is 0.230 e. The van der Waals surface area contributed by atoms with Crippen LogP contribution in [0.25, 0.3) is 11.4 Å². The van der Waals surface area contributed by atoms with Gasteiger partial charge in [-0.05, 0) is 37.1 Å². The molecule has 1 aromatic heterocycles. The predicted molar refractivity (Wildman–Crippen MR) is 118 cm³/mol. The van der Waals surface area contributed by atoms with E-state index in [1.54, 1.807) is 14.2 Å². The van der Waals surface area contributed by atoms with Crippen molar-refractivity contribution in [2.75, 3.05) is 20.0 Å². The monoisotopic (exact) mass is 426 g/mol. The average Bonchev–Trinajstić information content (AvgIpc) is 3.18. The Kier molecular flexibility index (Phi) is 7.35. The summed E-state index contributed by atoms with van der Waals surface area (Å²) >= 11 is 1.38. The van der Waals surface area contributed by atoms with Gasteiger partial charge < -0.3 is 19.4 Å². The first-order chi connectivity index (χ1) is 14.6. The van der Waals surface area contributed by atoms with Gasteiger partial charge in [-0.1, -0.05) is 42.1 Å². The number of carbonyl (C=O) groups is 1. The van der Waals surface area contributed by atoms with E-state index in [9.17, 15) is 4.79 Å². The first-order valence-electron chi connectivity index (χ1n) is 9.67. The Hall–Kier alpha value is -3.00. The SMILES string of the molecule is CCn1c(SCC(=O)NCc2ccc(OC)c(OC)c2)nnc1-c1ccccc1C. The lowest BCUT2D eigenvalue weighted by atomic mass is 10.1. The molecule has 0 aliphatic heterocycles. The minimum Gasteiger partial charge on any atom is -0.493 e. The molecule has 0 saturated carbocycles. The molecular formula is C22H26N4O3S. The van der Waals surface area contributed by atoms with E-state index >= 15 is 0 Å². The summed E-state index contributed by atoms with van der Waals surface area (Å²) in [5.41, 5.74) is 3.13. The highest BCUT2D eigenvalue weighted by atomic mass is 32.2. The number of hydrogen-bond donors (Lipinski definition) is 1. The third-order valence-electron chi connectivity index (χ3n) is 4.69. The van der Waals surface area contributed by atoms with Crippen molar-refractivity contribution in [2.45, 2.75) is 32.1 Å². The molecule has 3 aromatic rings. The highest BCUT2D eigenvalue weighted by Gasteiger charge is 2.16. The molecule has 0 radical (unpaired) electrons. The molecule has 0 aliphatic carbocycles. The van der Waals surface area contributed by atoms with Crippen LogP contribution in [0, 0.1) is 6.92 Å². The molecule has 7 nitrogen and oxygen atoms in total. The molecule has 8 heteroatoms. The van der Waals surface area contributed by atoms with Crippen molar-refractivity contribution < 1.29 is 14.3 Å². The normalized spacial score (nSPS) is 10.7. The van der Waals surface area contributed by atoms with Crippen LogP contribution in [-0.4, -0.2) is 40.6 Å². The lowest BCUT2D eigenvalue weighted by Gasteiger charge is -2.11. The molecule has 1 heterocycles. The van der Waals surface area contributed by atoms with E-state index < -0.39 is 0 Å². The van der Waals surface area contributed by atoms with Crippen LogP contribution in [0.3, 0.4) is 0 Å². The van der Waals surface area contributed by atoms with Crippen LogP contribution >= 0.6 is 11.8 Å². The lowest BCUT2D eigenvalue weighted by molar-refractivity contribution is -0.118.